The molecule has 9 aromatic rings. The highest BCUT2D eigenvalue weighted by atomic mass is 35.5. The molecule has 0 saturated heterocycles. The van der Waals surface area contributed by atoms with Crippen LogP contribution in [0.5, 0.6) is 23.0 Å². The van der Waals surface area contributed by atoms with Gasteiger partial charge in [0.05, 0.1) is 10.6 Å². The van der Waals surface area contributed by atoms with Crippen molar-refractivity contribution in [3.8, 4) is 57.8 Å². The lowest BCUT2D eigenvalue weighted by molar-refractivity contribution is -0.137. The normalized spacial score (nSPS) is 10.7. The van der Waals surface area contributed by atoms with Crippen molar-refractivity contribution in [2.75, 3.05) is 29.6 Å². The molecule has 0 spiro atoms. The van der Waals surface area contributed by atoms with Gasteiger partial charge in [-0.15, -0.1) is 30.6 Å². The van der Waals surface area contributed by atoms with E-state index < -0.39 is 22.8 Å². The number of halogens is 5. The van der Waals surface area contributed by atoms with Gasteiger partial charge in [0.2, 0.25) is 19.2 Å². The first-order valence-corrected chi connectivity index (χ1v) is 19.7. The average Bonchev–Trinajstić information content (AvgIpc) is 4.16. The fourth-order valence-corrected chi connectivity index (χ4v) is 5.83. The van der Waals surface area contributed by atoms with E-state index in [0.717, 1.165) is 23.6 Å². The number of hydrogen-bond acceptors (Lipinski definition) is 16. The molecule has 0 aliphatic carbocycles. The van der Waals surface area contributed by atoms with E-state index in [1.807, 2.05) is 31.3 Å². The number of anilines is 3. The summed E-state index contributed by atoms with van der Waals surface area (Å²) in [5, 5.41) is 27.7. The summed E-state index contributed by atoms with van der Waals surface area (Å²) < 4.78 is 66.0. The van der Waals surface area contributed by atoms with Crippen LogP contribution in [-0.2, 0) is 6.18 Å². The average molecular weight is 940 g/mol. The Labute approximate surface area is 381 Å². The summed E-state index contributed by atoms with van der Waals surface area (Å²) in [5.41, 5.74) is 1.90. The molecule has 6 heterocycles. The molecular formula is C43H31Cl2F3N12O6. The van der Waals surface area contributed by atoms with Crippen molar-refractivity contribution < 1.29 is 40.7 Å². The third kappa shape index (κ3) is 12.4. The topological polar surface area (TPSA) is 218 Å². The Morgan fingerprint density at radius 2 is 1.14 bits per heavy atom. The van der Waals surface area contributed by atoms with Gasteiger partial charge in [0.15, 0.2) is 0 Å². The number of carbonyl (C=O) groups excluding carboxylic acids is 1. The van der Waals surface area contributed by atoms with Crippen LogP contribution in [0.2, 0.25) is 10.0 Å². The zero-order valence-corrected chi connectivity index (χ0v) is 35.6. The number of nitrogens with one attached hydrogen (secondary N) is 2. The molecule has 0 fully saturated rings. The first kappa shape index (κ1) is 45.6. The lowest BCUT2D eigenvalue weighted by Gasteiger charge is -2.19. The number of nitrogens with zero attached hydrogens (tertiary/aromatic N) is 10. The van der Waals surface area contributed by atoms with Crippen LogP contribution in [0, 0.1) is 0 Å². The Bertz CT molecular complexity index is 2980. The van der Waals surface area contributed by atoms with Crippen molar-refractivity contribution in [3.05, 3.63) is 157 Å². The highest BCUT2D eigenvalue weighted by Crippen LogP contribution is 2.36. The maximum atomic E-state index is 13.1. The largest absolute Gasteiger partial charge is 0.457 e. The Kier molecular flexibility index (Phi) is 14.7. The predicted molar refractivity (Wildman–Crippen MR) is 234 cm³/mol. The number of carbonyl (C=O) groups is 1. The number of urea groups is 1. The summed E-state index contributed by atoms with van der Waals surface area (Å²) in [7, 11) is 3.33. The molecule has 0 unspecified atom stereocenters. The lowest BCUT2D eigenvalue weighted by Crippen LogP contribution is -2.31. The van der Waals surface area contributed by atoms with Gasteiger partial charge in [0, 0.05) is 79.0 Å². The second-order valence-electron chi connectivity index (χ2n) is 13.0. The molecule has 2 amide bonds. The van der Waals surface area contributed by atoms with E-state index in [1.54, 1.807) is 73.1 Å². The molecule has 6 aromatic heterocycles. The Hall–Kier alpha value is -8.43. The van der Waals surface area contributed by atoms with E-state index in [4.69, 9.17) is 45.9 Å². The summed E-state index contributed by atoms with van der Waals surface area (Å²) in [4.78, 5) is 26.2. The number of ether oxygens (including phenoxy) is 2. The molecule has 3 aromatic carbocycles. The Morgan fingerprint density at radius 1 is 0.621 bits per heavy atom. The van der Waals surface area contributed by atoms with Gasteiger partial charge in [-0.05, 0) is 66.7 Å². The van der Waals surface area contributed by atoms with Gasteiger partial charge in [0.25, 0.3) is 17.7 Å². The highest BCUT2D eigenvalue weighted by molar-refractivity contribution is 6.31. The zero-order chi connectivity index (χ0) is 46.5. The molecule has 0 atom stereocenters. The van der Waals surface area contributed by atoms with E-state index in [-0.39, 0.29) is 11.6 Å². The molecule has 334 valence electrons. The van der Waals surface area contributed by atoms with E-state index in [2.05, 4.69) is 56.2 Å². The number of aromatic nitrogens is 9. The van der Waals surface area contributed by atoms with Gasteiger partial charge in [-0.25, -0.2) is 4.79 Å². The minimum Gasteiger partial charge on any atom is -0.457 e. The first-order valence-electron chi connectivity index (χ1n) is 18.9. The number of alkyl halides is 3. The molecule has 18 nitrogen and oxygen atoms in total. The SMILES string of the molecule is CN(C(=O)Nc1ccc(Cl)c(C(F)(F)F)c1)c1cccc(Oc2ccnc(-c3nnco3)c2)c1.CNc1cccc(Oc2ccnc(-c3nnco3)c2)c1.Clc1ccnc(-c2nnco2)c1. The highest BCUT2D eigenvalue weighted by Gasteiger charge is 2.33. The molecule has 0 saturated carbocycles. The van der Waals surface area contributed by atoms with Gasteiger partial charge in [-0.1, -0.05) is 35.3 Å². The smallest absolute Gasteiger partial charge is 0.417 e. The summed E-state index contributed by atoms with van der Waals surface area (Å²) in [6.07, 6.45) is 3.78. The van der Waals surface area contributed by atoms with Crippen molar-refractivity contribution in [2.24, 2.45) is 0 Å². The lowest BCUT2D eigenvalue weighted by atomic mass is 10.2. The second-order valence-corrected chi connectivity index (χ2v) is 13.8. The van der Waals surface area contributed by atoms with Crippen molar-refractivity contribution in [3.63, 3.8) is 0 Å². The van der Waals surface area contributed by atoms with Crippen LogP contribution in [0.4, 0.5) is 35.0 Å². The summed E-state index contributed by atoms with van der Waals surface area (Å²) in [6, 6.07) is 26.8. The van der Waals surface area contributed by atoms with Crippen LogP contribution < -0.4 is 25.0 Å². The number of rotatable bonds is 10. The third-order valence-electron chi connectivity index (χ3n) is 8.55. The van der Waals surface area contributed by atoms with Crippen molar-refractivity contribution in [1.29, 1.82) is 0 Å². The minimum atomic E-state index is -4.65. The monoisotopic (exact) mass is 938 g/mol. The van der Waals surface area contributed by atoms with Crippen molar-refractivity contribution in [1.82, 2.24) is 45.5 Å². The molecule has 66 heavy (non-hydrogen) atoms. The molecule has 0 bridgehead atoms. The Balaban J connectivity index is 0.000000169. The standard InChI is InChI=1S/C22H15ClF3N5O3.C14H12N4O2.C7H4ClN3O/c1-31(21(32)29-13-5-6-18(23)17(9-13)22(24,25)26)14-3-2-4-15(10-14)34-16-7-8-27-19(11-16)20-30-28-12-33-20;1-15-10-3-2-4-11(7-10)20-12-5-6-16-13(8-12)14-18-17-9-19-14;8-5-1-2-9-6(3-5)7-11-10-4-12-7/h2-12H,1H3,(H,29,32);2-9,15H,1H3;1-4H. The molecule has 0 aliphatic rings. The van der Waals surface area contributed by atoms with Crippen LogP contribution in [0.1, 0.15) is 5.56 Å². The van der Waals surface area contributed by atoms with Gasteiger partial charge in [-0.2, -0.15) is 13.2 Å². The van der Waals surface area contributed by atoms with E-state index >= 15 is 0 Å². The summed E-state index contributed by atoms with van der Waals surface area (Å²) in [5.74, 6) is 3.20. The zero-order valence-electron chi connectivity index (χ0n) is 34.1. The fraction of sp³-hybridized carbons (Fsp3) is 0.0698. The van der Waals surface area contributed by atoms with Crippen LogP contribution >= 0.6 is 23.2 Å². The van der Waals surface area contributed by atoms with Crippen LogP contribution in [0.15, 0.2) is 154 Å². The predicted octanol–water partition coefficient (Wildman–Crippen LogP) is 11.0. The summed E-state index contributed by atoms with van der Waals surface area (Å²) >= 11 is 11.4. The van der Waals surface area contributed by atoms with Crippen LogP contribution in [0.3, 0.4) is 0 Å². The number of pyridine rings is 3. The summed E-state index contributed by atoms with van der Waals surface area (Å²) in [6.45, 7) is 0. The Morgan fingerprint density at radius 3 is 1.65 bits per heavy atom. The maximum absolute atomic E-state index is 13.1. The number of hydrogen-bond donors (Lipinski definition) is 2. The van der Waals surface area contributed by atoms with Gasteiger partial charge in [-0.3, -0.25) is 19.9 Å². The molecule has 0 radical (unpaired) electrons. The molecular weight excluding hydrogens is 908 g/mol. The number of benzene rings is 3. The number of amides is 2. The molecule has 23 heteroatoms. The quantitative estimate of drug-likeness (QED) is 0.130. The van der Waals surface area contributed by atoms with Crippen LogP contribution in [-0.4, -0.2) is 65.7 Å². The minimum absolute atomic E-state index is 0.0497. The van der Waals surface area contributed by atoms with E-state index in [0.29, 0.717) is 56.8 Å². The fourth-order valence-electron chi connectivity index (χ4n) is 5.45. The van der Waals surface area contributed by atoms with Crippen molar-refractivity contribution in [2.45, 2.75) is 6.18 Å². The second kappa shape index (κ2) is 21.3. The van der Waals surface area contributed by atoms with Gasteiger partial charge >= 0.3 is 12.2 Å². The first-order chi connectivity index (χ1) is 31.9. The third-order valence-corrected chi connectivity index (χ3v) is 9.11. The van der Waals surface area contributed by atoms with Crippen molar-refractivity contribution >= 4 is 46.3 Å². The molecule has 9 rings (SSSR count). The molecule has 0 aliphatic heterocycles. The van der Waals surface area contributed by atoms with Crippen LogP contribution in [0.25, 0.3) is 34.8 Å². The van der Waals surface area contributed by atoms with Gasteiger partial charge in [0.1, 0.15) is 40.1 Å². The van der Waals surface area contributed by atoms with Gasteiger partial charge < -0.3 is 33.4 Å². The molecule has 2 N–H and O–H groups in total. The van der Waals surface area contributed by atoms with E-state index in [9.17, 15) is 18.0 Å². The van der Waals surface area contributed by atoms with E-state index in [1.165, 1.54) is 43.4 Å². The maximum Gasteiger partial charge on any atom is 0.417 e.